The monoisotopic (exact) mass is 269 g/mol. The van der Waals surface area contributed by atoms with Gasteiger partial charge in [0.25, 0.3) is 0 Å². The number of hydrogen-bond donors (Lipinski definition) is 1. The van der Waals surface area contributed by atoms with Crippen LogP contribution in [0.5, 0.6) is 0 Å². The van der Waals surface area contributed by atoms with Crippen LogP contribution in [0.15, 0.2) is 0 Å². The first-order valence-electron chi connectivity index (χ1n) is 6.37. The Hall–Kier alpha value is -0.330. The van der Waals surface area contributed by atoms with Gasteiger partial charge in [0, 0.05) is 18.6 Å². The lowest BCUT2D eigenvalue weighted by Gasteiger charge is -2.40. The van der Waals surface area contributed by atoms with E-state index in [-0.39, 0.29) is 6.04 Å². The van der Waals surface area contributed by atoms with Crippen LogP contribution in [0.4, 0.5) is 13.2 Å². The highest BCUT2D eigenvalue weighted by Gasteiger charge is 2.47. The zero-order chi connectivity index (χ0) is 14.5. The van der Waals surface area contributed by atoms with Crippen molar-refractivity contribution in [3.8, 4) is 0 Å². The van der Waals surface area contributed by atoms with Crippen LogP contribution in [0.2, 0.25) is 0 Å². The fourth-order valence-electron chi connectivity index (χ4n) is 2.32. The van der Waals surface area contributed by atoms with Crippen LogP contribution in [-0.2, 0) is 0 Å². The van der Waals surface area contributed by atoms with Crippen molar-refractivity contribution in [3.05, 3.63) is 0 Å². The topological polar surface area (TPSA) is 32.5 Å². The minimum absolute atomic E-state index is 0.186. The zero-order valence-electron chi connectivity index (χ0n) is 12.0. The second-order valence-electron chi connectivity index (χ2n) is 5.00. The smallest absolute Gasteiger partial charge is 0.326 e. The maximum atomic E-state index is 13.2. The third kappa shape index (κ3) is 5.12. The Kier molecular flexibility index (Phi) is 7.17. The number of nitrogens with two attached hydrogens (primary N) is 1. The molecule has 0 spiro atoms. The van der Waals surface area contributed by atoms with E-state index in [0.29, 0.717) is 19.5 Å². The van der Waals surface area contributed by atoms with Crippen LogP contribution in [-0.4, -0.2) is 61.3 Å². The molecule has 0 aliphatic heterocycles. The minimum Gasteiger partial charge on any atom is -0.326 e. The molecule has 3 atom stereocenters. The van der Waals surface area contributed by atoms with Gasteiger partial charge in [-0.3, -0.25) is 4.90 Å². The summed E-state index contributed by atoms with van der Waals surface area (Å²) < 4.78 is 39.5. The highest BCUT2D eigenvalue weighted by molar-refractivity contribution is 4.90. The first kappa shape index (κ1) is 17.7. The number of alkyl halides is 3. The fourth-order valence-corrected chi connectivity index (χ4v) is 2.32. The molecule has 0 aliphatic carbocycles. The largest absolute Gasteiger partial charge is 0.405 e. The highest BCUT2D eigenvalue weighted by Crippen LogP contribution is 2.29. The fraction of sp³-hybridized carbons (Fsp3) is 1.00. The molecule has 0 saturated carbocycles. The van der Waals surface area contributed by atoms with Gasteiger partial charge < -0.3 is 10.6 Å². The van der Waals surface area contributed by atoms with Gasteiger partial charge >= 0.3 is 6.18 Å². The van der Waals surface area contributed by atoms with Crippen molar-refractivity contribution >= 4 is 0 Å². The van der Waals surface area contributed by atoms with Gasteiger partial charge in [0.05, 0.1) is 0 Å². The second-order valence-corrected chi connectivity index (χ2v) is 5.00. The molecule has 110 valence electrons. The molecule has 6 heteroatoms. The summed E-state index contributed by atoms with van der Waals surface area (Å²) in [4.78, 5) is 3.34. The minimum atomic E-state index is -4.29. The molecule has 0 amide bonds. The van der Waals surface area contributed by atoms with Crippen LogP contribution in [0.25, 0.3) is 0 Å². The maximum absolute atomic E-state index is 13.2. The molecule has 0 heterocycles. The molecular formula is C12H26F3N3. The van der Waals surface area contributed by atoms with Gasteiger partial charge in [-0.1, -0.05) is 13.8 Å². The van der Waals surface area contributed by atoms with Gasteiger partial charge in [-0.25, -0.2) is 0 Å². The van der Waals surface area contributed by atoms with Gasteiger partial charge in [0.1, 0.15) is 6.04 Å². The quantitative estimate of drug-likeness (QED) is 0.766. The summed E-state index contributed by atoms with van der Waals surface area (Å²) in [7, 11) is 3.71. The Balaban J connectivity index is 5.04. The second kappa shape index (κ2) is 7.31. The van der Waals surface area contributed by atoms with E-state index < -0.39 is 18.3 Å². The molecule has 0 bridgehead atoms. The summed E-state index contributed by atoms with van der Waals surface area (Å²) >= 11 is 0. The van der Waals surface area contributed by atoms with Crippen molar-refractivity contribution in [1.82, 2.24) is 9.80 Å². The van der Waals surface area contributed by atoms with Crippen LogP contribution < -0.4 is 5.73 Å². The third-order valence-corrected chi connectivity index (χ3v) is 3.13. The normalized spacial score (nSPS) is 18.2. The van der Waals surface area contributed by atoms with Gasteiger partial charge in [-0.15, -0.1) is 0 Å². The van der Waals surface area contributed by atoms with E-state index in [1.54, 1.807) is 13.8 Å². The molecular weight excluding hydrogens is 243 g/mol. The van der Waals surface area contributed by atoms with E-state index in [1.807, 2.05) is 25.9 Å². The van der Waals surface area contributed by atoms with Crippen molar-refractivity contribution in [1.29, 1.82) is 0 Å². The average molecular weight is 269 g/mol. The maximum Gasteiger partial charge on any atom is 0.405 e. The van der Waals surface area contributed by atoms with E-state index in [9.17, 15) is 13.2 Å². The summed E-state index contributed by atoms with van der Waals surface area (Å²) in [6, 6.07) is -2.63. The van der Waals surface area contributed by atoms with Crippen molar-refractivity contribution in [3.63, 3.8) is 0 Å². The van der Waals surface area contributed by atoms with Crippen molar-refractivity contribution in [2.45, 2.75) is 51.5 Å². The third-order valence-electron chi connectivity index (χ3n) is 3.13. The van der Waals surface area contributed by atoms with Crippen molar-refractivity contribution in [2.24, 2.45) is 5.73 Å². The SMILES string of the molecule is CCC(N)C(N(CC)C(C)CN(C)C)C(F)(F)F. The predicted molar refractivity (Wildman–Crippen MR) is 68.5 cm³/mol. The molecule has 2 N–H and O–H groups in total. The first-order chi connectivity index (χ1) is 8.15. The molecule has 0 aliphatic rings. The molecule has 0 aromatic heterocycles. The van der Waals surface area contributed by atoms with Crippen LogP contribution in [0.1, 0.15) is 27.2 Å². The molecule has 0 aromatic carbocycles. The molecule has 3 unspecified atom stereocenters. The molecule has 0 saturated heterocycles. The highest BCUT2D eigenvalue weighted by atomic mass is 19.4. The van der Waals surface area contributed by atoms with E-state index in [0.717, 1.165) is 0 Å². The summed E-state index contributed by atoms with van der Waals surface area (Å²) in [5, 5.41) is 0. The van der Waals surface area contributed by atoms with Gasteiger partial charge in [0.2, 0.25) is 0 Å². The molecule has 0 rings (SSSR count). The molecule has 0 fully saturated rings. The summed E-state index contributed by atoms with van der Waals surface area (Å²) in [6.45, 7) is 6.16. The molecule has 0 aromatic rings. The number of halogens is 3. The van der Waals surface area contributed by atoms with Crippen LogP contribution in [0.3, 0.4) is 0 Å². The van der Waals surface area contributed by atoms with E-state index in [1.165, 1.54) is 4.90 Å². The number of hydrogen-bond acceptors (Lipinski definition) is 3. The Bertz CT molecular complexity index is 231. The molecule has 18 heavy (non-hydrogen) atoms. The standard InChI is InChI=1S/C12H26F3N3/c1-6-10(16)11(12(13,14)15)18(7-2)9(3)8-17(4)5/h9-11H,6-8,16H2,1-5H3. The Morgan fingerprint density at radius 3 is 1.94 bits per heavy atom. The Morgan fingerprint density at radius 1 is 1.17 bits per heavy atom. The van der Waals surface area contributed by atoms with Gasteiger partial charge in [-0.2, -0.15) is 13.2 Å². The van der Waals surface area contributed by atoms with Crippen molar-refractivity contribution < 1.29 is 13.2 Å². The summed E-state index contributed by atoms with van der Waals surface area (Å²) in [5.74, 6) is 0. The van der Waals surface area contributed by atoms with Crippen LogP contribution >= 0.6 is 0 Å². The van der Waals surface area contributed by atoms with Crippen molar-refractivity contribution in [2.75, 3.05) is 27.2 Å². The van der Waals surface area contributed by atoms with Gasteiger partial charge in [-0.05, 0) is 34.0 Å². The van der Waals surface area contributed by atoms with Crippen LogP contribution in [0, 0.1) is 0 Å². The summed E-state index contributed by atoms with van der Waals surface area (Å²) in [6.07, 6.45) is -3.97. The number of likely N-dealkylation sites (N-methyl/N-ethyl adjacent to an activating group) is 2. The lowest BCUT2D eigenvalue weighted by atomic mass is 10.0. The Morgan fingerprint density at radius 2 is 1.67 bits per heavy atom. The summed E-state index contributed by atoms with van der Waals surface area (Å²) in [5.41, 5.74) is 5.67. The number of rotatable bonds is 7. The van der Waals surface area contributed by atoms with E-state index >= 15 is 0 Å². The first-order valence-corrected chi connectivity index (χ1v) is 6.37. The molecule has 3 nitrogen and oxygen atoms in total. The predicted octanol–water partition coefficient (Wildman–Crippen LogP) is 1.93. The molecule has 0 radical (unpaired) electrons. The Labute approximate surface area is 108 Å². The van der Waals surface area contributed by atoms with E-state index in [4.69, 9.17) is 5.73 Å². The van der Waals surface area contributed by atoms with E-state index in [2.05, 4.69) is 0 Å². The average Bonchev–Trinajstić information content (AvgIpc) is 2.21. The lowest BCUT2D eigenvalue weighted by molar-refractivity contribution is -0.194. The van der Waals surface area contributed by atoms with Gasteiger partial charge in [0.15, 0.2) is 0 Å². The number of nitrogens with zero attached hydrogens (tertiary/aromatic N) is 2. The lowest BCUT2D eigenvalue weighted by Crippen LogP contribution is -2.59. The zero-order valence-corrected chi connectivity index (χ0v) is 12.0.